The van der Waals surface area contributed by atoms with Gasteiger partial charge in [-0.25, -0.2) is 0 Å². The zero-order chi connectivity index (χ0) is 5.58. The predicted molar refractivity (Wildman–Crippen MR) is 29.1 cm³/mol. The first kappa shape index (κ1) is 9.36. The van der Waals surface area contributed by atoms with Gasteiger partial charge in [0.1, 0.15) is 9.55 Å². The molecule has 0 saturated carbocycles. The average Bonchev–Trinajstić information content (AvgIpc) is 1.41. The van der Waals surface area contributed by atoms with Crippen molar-refractivity contribution >= 4 is 26.6 Å². The molecule has 0 bridgehead atoms. The molecule has 0 spiro atoms. The third kappa shape index (κ3) is 65900. The van der Waals surface area contributed by atoms with E-state index < -0.39 is 5.97 Å². The van der Waals surface area contributed by atoms with Gasteiger partial charge in [-0.05, 0) is 0 Å². The molecule has 0 rings (SSSR count). The summed E-state index contributed by atoms with van der Waals surface area (Å²) in [6.07, 6.45) is 0. The molecule has 0 aliphatic rings. The van der Waals surface area contributed by atoms with Gasteiger partial charge in [0.15, 0.2) is 0 Å². The van der Waals surface area contributed by atoms with Gasteiger partial charge in [-0.1, -0.05) is 0 Å². The highest BCUT2D eigenvalue weighted by molar-refractivity contribution is 6.80. The maximum Gasteiger partial charge on any atom is 0.300 e. The SMILES string of the molecule is CC(=O)O.[SiH3]Cl. The third-order valence-electron chi connectivity index (χ3n) is 0. The molecule has 0 aliphatic heterocycles. The summed E-state index contributed by atoms with van der Waals surface area (Å²) in [4.78, 5) is 9.00. The van der Waals surface area contributed by atoms with E-state index in [-0.39, 0.29) is 0 Å². The van der Waals surface area contributed by atoms with Gasteiger partial charge in [0, 0.05) is 6.92 Å². The van der Waals surface area contributed by atoms with E-state index in [2.05, 4.69) is 0 Å². The van der Waals surface area contributed by atoms with Gasteiger partial charge < -0.3 is 5.11 Å². The number of carboxylic acids is 1. The molecule has 0 aromatic heterocycles. The smallest absolute Gasteiger partial charge is 0.300 e. The molecule has 2 nitrogen and oxygen atoms in total. The summed E-state index contributed by atoms with van der Waals surface area (Å²) in [6, 6.07) is 0. The normalized spacial score (nSPS) is 5.67. The van der Waals surface area contributed by atoms with Crippen LogP contribution in [0, 0.1) is 0 Å². The lowest BCUT2D eigenvalue weighted by atomic mass is 10.9. The molecule has 0 aromatic carbocycles. The van der Waals surface area contributed by atoms with Gasteiger partial charge in [-0.15, -0.1) is 0 Å². The number of carboxylic acid groups (broad SMARTS) is 1. The fraction of sp³-hybridized carbons (Fsp3) is 0.500. The highest BCUT2D eigenvalue weighted by Crippen LogP contribution is 1.42. The fourth-order valence-corrected chi connectivity index (χ4v) is 0. The second kappa shape index (κ2) is 8.88. The molecule has 0 fully saturated rings. The Bertz CT molecular complexity index is 34.5. The van der Waals surface area contributed by atoms with Crippen molar-refractivity contribution in [3.63, 3.8) is 0 Å². The van der Waals surface area contributed by atoms with E-state index in [4.69, 9.17) is 21.0 Å². The first-order chi connectivity index (χ1) is 2.73. The fourth-order valence-electron chi connectivity index (χ4n) is 0. The van der Waals surface area contributed by atoms with Crippen LogP contribution in [0.15, 0.2) is 0 Å². The first-order valence-corrected chi connectivity index (χ1v) is 4.33. The number of hydrogen-bond acceptors (Lipinski definition) is 1. The summed E-state index contributed by atoms with van der Waals surface area (Å²) in [6.45, 7) is 1.08. The zero-order valence-electron chi connectivity index (χ0n) is 3.73. The van der Waals surface area contributed by atoms with Crippen molar-refractivity contribution in [1.82, 2.24) is 0 Å². The molecule has 0 unspecified atom stereocenters. The lowest BCUT2D eigenvalue weighted by molar-refractivity contribution is -0.134. The van der Waals surface area contributed by atoms with E-state index in [1.54, 1.807) is 0 Å². The predicted octanol–water partition coefficient (Wildman–Crippen LogP) is -0.404. The summed E-state index contributed by atoms with van der Waals surface area (Å²) in [5.41, 5.74) is 0. The van der Waals surface area contributed by atoms with Crippen molar-refractivity contribution < 1.29 is 9.90 Å². The molecule has 0 saturated heterocycles. The molecule has 0 atom stereocenters. The highest BCUT2D eigenvalue weighted by atomic mass is 35.6. The molecule has 6 heavy (non-hydrogen) atoms. The molecule has 1 N–H and O–H groups in total. The van der Waals surface area contributed by atoms with E-state index in [9.17, 15) is 0 Å². The van der Waals surface area contributed by atoms with Crippen LogP contribution >= 0.6 is 11.1 Å². The molecule has 0 heterocycles. The Hall–Kier alpha value is -0.0231. The second-order valence-corrected chi connectivity index (χ2v) is 0.519. The summed E-state index contributed by atoms with van der Waals surface area (Å²) in [7, 11) is 0.778. The standard InChI is InChI=1S/C2H4O2.ClH3Si/c1-2(3)4;1-2/h1H3,(H,3,4);2H3. The number of halogens is 1. The van der Waals surface area contributed by atoms with Gasteiger partial charge in [0.25, 0.3) is 5.97 Å². The van der Waals surface area contributed by atoms with Crippen LogP contribution in [0.25, 0.3) is 0 Å². The Morgan fingerprint density at radius 2 is 1.83 bits per heavy atom. The number of carbonyl (C=O) groups is 1. The average molecular weight is 127 g/mol. The van der Waals surface area contributed by atoms with Crippen LogP contribution in [0.5, 0.6) is 0 Å². The van der Waals surface area contributed by atoms with Crippen molar-refractivity contribution in [1.29, 1.82) is 0 Å². The van der Waals surface area contributed by atoms with Crippen LogP contribution in [0.3, 0.4) is 0 Å². The maximum absolute atomic E-state index is 9.00. The lowest BCUT2D eigenvalue weighted by Gasteiger charge is -1.59. The van der Waals surface area contributed by atoms with Crippen molar-refractivity contribution in [2.75, 3.05) is 0 Å². The Kier molecular flexibility index (Phi) is 13.9. The first-order valence-electron chi connectivity index (χ1n) is 1.31. The molecule has 0 aromatic rings. The number of aliphatic carboxylic acids is 1. The molecule has 4 heteroatoms. The summed E-state index contributed by atoms with van der Waals surface area (Å²) >= 11 is 4.78. The van der Waals surface area contributed by atoms with E-state index in [1.807, 2.05) is 0 Å². The minimum atomic E-state index is -0.833. The zero-order valence-corrected chi connectivity index (χ0v) is 6.49. The molecule has 0 amide bonds. The number of rotatable bonds is 0. The number of hydrogen-bond donors (Lipinski definition) is 1. The Labute approximate surface area is 44.2 Å². The van der Waals surface area contributed by atoms with Gasteiger partial charge in [0.2, 0.25) is 0 Å². The van der Waals surface area contributed by atoms with E-state index >= 15 is 0 Å². The minimum absolute atomic E-state index is 0.778. The lowest BCUT2D eigenvalue weighted by Crippen LogP contribution is -1.78. The van der Waals surface area contributed by atoms with Crippen LogP contribution in [0.1, 0.15) is 6.92 Å². The van der Waals surface area contributed by atoms with Gasteiger partial charge in [0.05, 0.1) is 0 Å². The van der Waals surface area contributed by atoms with Crippen LogP contribution < -0.4 is 0 Å². The van der Waals surface area contributed by atoms with E-state index in [1.165, 1.54) is 0 Å². The van der Waals surface area contributed by atoms with Crippen LogP contribution in [0.2, 0.25) is 0 Å². The molecule has 38 valence electrons. The van der Waals surface area contributed by atoms with Crippen molar-refractivity contribution in [3.05, 3.63) is 0 Å². The summed E-state index contributed by atoms with van der Waals surface area (Å²) in [5.74, 6) is -0.833. The quantitative estimate of drug-likeness (QED) is 0.354. The summed E-state index contributed by atoms with van der Waals surface area (Å²) in [5, 5.41) is 7.42. The van der Waals surface area contributed by atoms with Crippen molar-refractivity contribution in [2.24, 2.45) is 0 Å². The van der Waals surface area contributed by atoms with Crippen LogP contribution in [-0.4, -0.2) is 20.6 Å². The van der Waals surface area contributed by atoms with Gasteiger partial charge in [-0.3, -0.25) is 4.79 Å². The third-order valence-corrected chi connectivity index (χ3v) is 0. The Morgan fingerprint density at radius 3 is 1.83 bits per heavy atom. The van der Waals surface area contributed by atoms with E-state index in [0.717, 1.165) is 16.5 Å². The van der Waals surface area contributed by atoms with Crippen molar-refractivity contribution in [3.8, 4) is 0 Å². The van der Waals surface area contributed by atoms with E-state index in [0.29, 0.717) is 0 Å². The topological polar surface area (TPSA) is 37.3 Å². The molecule has 0 radical (unpaired) electrons. The van der Waals surface area contributed by atoms with Crippen LogP contribution in [-0.2, 0) is 4.79 Å². The second-order valence-electron chi connectivity index (χ2n) is 0.519. The maximum atomic E-state index is 9.00. The monoisotopic (exact) mass is 126 g/mol. The van der Waals surface area contributed by atoms with Gasteiger partial charge in [-0.2, -0.15) is 11.1 Å². The molecular formula is C2H7ClO2Si. The summed E-state index contributed by atoms with van der Waals surface area (Å²) < 4.78 is 0. The molecular weight excluding hydrogens is 120 g/mol. The minimum Gasteiger partial charge on any atom is -0.481 e. The Morgan fingerprint density at radius 1 is 1.83 bits per heavy atom. The van der Waals surface area contributed by atoms with Gasteiger partial charge >= 0.3 is 0 Å². The highest BCUT2D eigenvalue weighted by Gasteiger charge is 1.65. The molecule has 0 aliphatic carbocycles. The van der Waals surface area contributed by atoms with Crippen molar-refractivity contribution in [2.45, 2.75) is 6.92 Å². The largest absolute Gasteiger partial charge is 0.481 e. The van der Waals surface area contributed by atoms with Crippen LogP contribution in [0.4, 0.5) is 0 Å². The Balaban J connectivity index is 0.